The number of carbonyl (C=O) groups excluding carboxylic acids is 1. The van der Waals surface area contributed by atoms with Gasteiger partial charge in [-0.15, -0.1) is 11.3 Å². The van der Waals surface area contributed by atoms with Gasteiger partial charge in [0.05, 0.1) is 5.69 Å². The lowest BCUT2D eigenvalue weighted by Crippen LogP contribution is -2.47. The van der Waals surface area contributed by atoms with Crippen molar-refractivity contribution in [2.75, 3.05) is 19.3 Å². The van der Waals surface area contributed by atoms with Crippen LogP contribution in [0, 0.1) is 0 Å². The molecule has 1 aliphatic rings. The van der Waals surface area contributed by atoms with Crippen LogP contribution in [0.3, 0.4) is 0 Å². The van der Waals surface area contributed by atoms with Gasteiger partial charge in [-0.05, 0) is 26.8 Å². The summed E-state index contributed by atoms with van der Waals surface area (Å²) in [5.74, 6) is -0.112. The fourth-order valence-corrected chi connectivity index (χ4v) is 3.61. The van der Waals surface area contributed by atoms with Gasteiger partial charge in [-0.25, -0.2) is 9.97 Å². The second-order valence-corrected chi connectivity index (χ2v) is 6.58. The van der Waals surface area contributed by atoms with Gasteiger partial charge in [0.25, 0.3) is 5.91 Å². The summed E-state index contributed by atoms with van der Waals surface area (Å²) in [6, 6.07) is 0.682. The maximum Gasteiger partial charge on any atom is 0.263 e. The number of amides is 1. The zero-order valence-electron chi connectivity index (χ0n) is 12.2. The van der Waals surface area contributed by atoms with Crippen molar-refractivity contribution in [3.63, 3.8) is 0 Å². The van der Waals surface area contributed by atoms with E-state index in [1.54, 1.807) is 12.4 Å². The molecule has 0 saturated carbocycles. The van der Waals surface area contributed by atoms with Crippen LogP contribution < -0.4 is 11.1 Å². The van der Waals surface area contributed by atoms with Crippen LogP contribution >= 0.6 is 11.3 Å². The van der Waals surface area contributed by atoms with E-state index in [1.165, 1.54) is 11.3 Å². The molecule has 0 aromatic carbocycles. The van der Waals surface area contributed by atoms with Crippen molar-refractivity contribution in [3.8, 4) is 0 Å². The SMILES string of the molecule is CC1CC(NC(=O)c2sc3nccnc3c2N)CCN1C. The van der Waals surface area contributed by atoms with Crippen molar-refractivity contribution in [2.24, 2.45) is 0 Å². The second-order valence-electron chi connectivity index (χ2n) is 5.58. The molecule has 2 aromatic heterocycles. The first-order valence-electron chi connectivity index (χ1n) is 7.06. The number of nitrogen functional groups attached to an aromatic ring is 1. The zero-order valence-corrected chi connectivity index (χ0v) is 13.0. The molecule has 7 heteroatoms. The van der Waals surface area contributed by atoms with Crippen LogP contribution in [0.15, 0.2) is 12.4 Å². The zero-order chi connectivity index (χ0) is 15.0. The van der Waals surface area contributed by atoms with Crippen molar-refractivity contribution < 1.29 is 4.79 Å². The van der Waals surface area contributed by atoms with E-state index in [9.17, 15) is 4.79 Å². The Labute approximate surface area is 127 Å². The number of nitrogens with two attached hydrogens (primary N) is 1. The molecule has 0 radical (unpaired) electrons. The number of rotatable bonds is 2. The molecule has 0 bridgehead atoms. The fraction of sp³-hybridized carbons (Fsp3) is 0.500. The van der Waals surface area contributed by atoms with E-state index >= 15 is 0 Å². The Balaban J connectivity index is 1.77. The van der Waals surface area contributed by atoms with Crippen molar-refractivity contribution in [3.05, 3.63) is 17.3 Å². The molecule has 3 heterocycles. The van der Waals surface area contributed by atoms with Crippen LogP contribution in [0.25, 0.3) is 10.3 Å². The molecule has 1 saturated heterocycles. The second kappa shape index (κ2) is 5.57. The van der Waals surface area contributed by atoms with Gasteiger partial charge < -0.3 is 16.0 Å². The highest BCUT2D eigenvalue weighted by molar-refractivity contribution is 7.21. The lowest BCUT2D eigenvalue weighted by atomic mass is 9.99. The summed E-state index contributed by atoms with van der Waals surface area (Å²) in [4.78, 5) is 24.4. The van der Waals surface area contributed by atoms with Crippen molar-refractivity contribution in [1.82, 2.24) is 20.2 Å². The Kier molecular flexibility index (Phi) is 3.77. The van der Waals surface area contributed by atoms with Crippen LogP contribution in [0.1, 0.15) is 29.4 Å². The predicted molar refractivity (Wildman–Crippen MR) is 84.4 cm³/mol. The van der Waals surface area contributed by atoms with E-state index in [-0.39, 0.29) is 11.9 Å². The van der Waals surface area contributed by atoms with E-state index in [2.05, 4.69) is 34.2 Å². The largest absolute Gasteiger partial charge is 0.396 e. The number of thiophene rings is 1. The highest BCUT2D eigenvalue weighted by Crippen LogP contribution is 2.30. The molecule has 0 aliphatic carbocycles. The van der Waals surface area contributed by atoms with E-state index in [0.29, 0.717) is 27.0 Å². The Morgan fingerprint density at radius 1 is 1.48 bits per heavy atom. The van der Waals surface area contributed by atoms with E-state index in [0.717, 1.165) is 19.4 Å². The Hall–Kier alpha value is -1.73. The van der Waals surface area contributed by atoms with Crippen LogP contribution in [0.2, 0.25) is 0 Å². The average Bonchev–Trinajstić information content (AvgIpc) is 2.81. The molecular weight excluding hydrogens is 286 g/mol. The highest BCUT2D eigenvalue weighted by atomic mass is 32.1. The number of hydrogen-bond acceptors (Lipinski definition) is 6. The number of nitrogens with one attached hydrogen (secondary N) is 1. The van der Waals surface area contributed by atoms with Crippen molar-refractivity contribution >= 4 is 33.3 Å². The van der Waals surface area contributed by atoms with Crippen LogP contribution in [-0.2, 0) is 0 Å². The minimum atomic E-state index is -0.112. The maximum absolute atomic E-state index is 12.4. The third-order valence-electron chi connectivity index (χ3n) is 4.11. The molecule has 21 heavy (non-hydrogen) atoms. The summed E-state index contributed by atoms with van der Waals surface area (Å²) < 4.78 is 0. The summed E-state index contributed by atoms with van der Waals surface area (Å²) in [6.45, 7) is 3.18. The molecule has 2 unspecified atom stereocenters. The first-order chi connectivity index (χ1) is 10.1. The van der Waals surface area contributed by atoms with Gasteiger partial charge in [0.15, 0.2) is 0 Å². The van der Waals surface area contributed by atoms with Gasteiger partial charge in [-0.1, -0.05) is 0 Å². The first-order valence-corrected chi connectivity index (χ1v) is 7.88. The molecule has 2 aromatic rings. The molecule has 1 fully saturated rings. The summed E-state index contributed by atoms with van der Waals surface area (Å²) in [5.41, 5.74) is 7.08. The molecule has 1 amide bonds. The monoisotopic (exact) mass is 305 g/mol. The van der Waals surface area contributed by atoms with Crippen LogP contribution in [0.5, 0.6) is 0 Å². The number of piperidine rings is 1. The van der Waals surface area contributed by atoms with E-state index in [1.807, 2.05) is 0 Å². The van der Waals surface area contributed by atoms with Gasteiger partial charge in [0.2, 0.25) is 0 Å². The molecule has 6 nitrogen and oxygen atoms in total. The smallest absolute Gasteiger partial charge is 0.263 e. The van der Waals surface area contributed by atoms with Crippen LogP contribution in [-0.4, -0.2) is 46.5 Å². The van der Waals surface area contributed by atoms with Gasteiger partial charge in [-0.3, -0.25) is 4.79 Å². The number of aromatic nitrogens is 2. The molecule has 3 rings (SSSR count). The Morgan fingerprint density at radius 3 is 2.95 bits per heavy atom. The third-order valence-corrected chi connectivity index (χ3v) is 5.21. The number of nitrogens with zero attached hydrogens (tertiary/aromatic N) is 3. The predicted octanol–water partition coefficient (Wildman–Crippen LogP) is 1.49. The summed E-state index contributed by atoms with van der Waals surface area (Å²) in [5, 5.41) is 3.10. The van der Waals surface area contributed by atoms with Crippen molar-refractivity contribution in [1.29, 1.82) is 0 Å². The first kappa shape index (κ1) is 14.2. The van der Waals surface area contributed by atoms with E-state index in [4.69, 9.17) is 5.73 Å². The fourth-order valence-electron chi connectivity index (χ4n) is 2.68. The number of anilines is 1. The van der Waals surface area contributed by atoms with Gasteiger partial charge in [0, 0.05) is 31.0 Å². The quantitative estimate of drug-likeness (QED) is 0.878. The summed E-state index contributed by atoms with van der Waals surface area (Å²) in [7, 11) is 2.12. The molecular formula is C14H19N5OS. The minimum absolute atomic E-state index is 0.112. The molecule has 3 N–H and O–H groups in total. The average molecular weight is 305 g/mol. The maximum atomic E-state index is 12.4. The molecule has 2 atom stereocenters. The number of likely N-dealkylation sites (tertiary alicyclic amines) is 1. The Bertz CT molecular complexity index is 670. The summed E-state index contributed by atoms with van der Waals surface area (Å²) >= 11 is 1.30. The lowest BCUT2D eigenvalue weighted by Gasteiger charge is -2.35. The van der Waals surface area contributed by atoms with Gasteiger partial charge in [0.1, 0.15) is 15.2 Å². The highest BCUT2D eigenvalue weighted by Gasteiger charge is 2.26. The molecule has 112 valence electrons. The van der Waals surface area contributed by atoms with Crippen LogP contribution in [0.4, 0.5) is 5.69 Å². The third kappa shape index (κ3) is 2.71. The topological polar surface area (TPSA) is 84.1 Å². The van der Waals surface area contributed by atoms with Crippen molar-refractivity contribution in [2.45, 2.75) is 31.8 Å². The normalized spacial score (nSPS) is 23.3. The number of carbonyl (C=O) groups is 1. The number of hydrogen-bond donors (Lipinski definition) is 2. The number of fused-ring (bicyclic) bond motifs is 1. The lowest BCUT2D eigenvalue weighted by molar-refractivity contribution is 0.0901. The molecule has 1 aliphatic heterocycles. The standard InChI is InChI=1S/C14H19N5OS/c1-8-7-9(3-6-19(8)2)18-13(20)12-10(15)11-14(21-12)17-5-4-16-11/h4-5,8-9H,3,6-7,15H2,1-2H3,(H,18,20). The van der Waals surface area contributed by atoms with E-state index < -0.39 is 0 Å². The Morgan fingerprint density at radius 2 is 2.24 bits per heavy atom. The van der Waals surface area contributed by atoms with Gasteiger partial charge in [-0.2, -0.15) is 0 Å². The molecule has 0 spiro atoms. The van der Waals surface area contributed by atoms with Gasteiger partial charge >= 0.3 is 0 Å². The minimum Gasteiger partial charge on any atom is -0.396 e. The summed E-state index contributed by atoms with van der Waals surface area (Å²) in [6.07, 6.45) is 5.13.